The monoisotopic (exact) mass is 442 g/mol. The maximum absolute atomic E-state index is 10.4. The minimum Gasteiger partial charge on any atom is -0.280 e. The molecule has 3 unspecified atom stereocenters. The van der Waals surface area contributed by atoms with E-state index in [-0.39, 0.29) is 22.2 Å². The summed E-state index contributed by atoms with van der Waals surface area (Å²) in [5, 5.41) is 13.7. The van der Waals surface area contributed by atoms with E-state index in [1.54, 1.807) is 6.20 Å². The molecular formula is C26H42N4O2. The second kappa shape index (κ2) is 8.18. The van der Waals surface area contributed by atoms with Gasteiger partial charge in [0.05, 0.1) is 6.57 Å². The van der Waals surface area contributed by atoms with Crippen LogP contribution >= 0.6 is 0 Å². The van der Waals surface area contributed by atoms with Gasteiger partial charge in [0.2, 0.25) is 5.69 Å². The van der Waals surface area contributed by atoms with Gasteiger partial charge in [-0.25, -0.2) is 14.7 Å². The Hall–Kier alpha value is -1.84. The van der Waals surface area contributed by atoms with Crippen molar-refractivity contribution in [2.45, 2.75) is 93.6 Å². The van der Waals surface area contributed by atoms with Gasteiger partial charge in [0.15, 0.2) is 0 Å². The zero-order chi connectivity index (χ0) is 24.2. The van der Waals surface area contributed by atoms with Gasteiger partial charge in [-0.3, -0.25) is 14.9 Å². The van der Waals surface area contributed by atoms with Gasteiger partial charge < -0.3 is 0 Å². The molecule has 3 rings (SSSR count). The number of H-pyrrole nitrogens is 1. The summed E-state index contributed by atoms with van der Waals surface area (Å²) in [6.07, 6.45) is 3.34. The van der Waals surface area contributed by atoms with E-state index in [4.69, 9.17) is 16.4 Å². The molecule has 6 heteroatoms. The summed E-state index contributed by atoms with van der Waals surface area (Å²) in [5.41, 5.74) is 1.79. The molecule has 2 aromatic heterocycles. The van der Waals surface area contributed by atoms with Crippen molar-refractivity contribution in [3.05, 3.63) is 29.0 Å². The Morgan fingerprint density at radius 3 is 2.03 bits per heavy atom. The first kappa shape index (κ1) is 24.8. The van der Waals surface area contributed by atoms with Crippen molar-refractivity contribution in [2.24, 2.45) is 34.5 Å². The van der Waals surface area contributed by atoms with Gasteiger partial charge in [0.25, 0.3) is 0 Å². The van der Waals surface area contributed by atoms with E-state index < -0.39 is 6.10 Å². The first-order valence-electron chi connectivity index (χ1n) is 11.9. The first-order chi connectivity index (χ1) is 14.6. The predicted molar refractivity (Wildman–Crippen MR) is 129 cm³/mol. The average molecular weight is 443 g/mol. The van der Waals surface area contributed by atoms with Gasteiger partial charge in [-0.15, -0.1) is 0 Å². The molecule has 1 aliphatic rings. The topological polar surface area (TPSA) is 66.9 Å². The summed E-state index contributed by atoms with van der Waals surface area (Å²) in [6, 6.07) is 0. The maximum Gasteiger partial charge on any atom is 0.214 e. The Labute approximate surface area is 193 Å². The Morgan fingerprint density at radius 1 is 1.09 bits per heavy atom. The lowest BCUT2D eigenvalue weighted by Gasteiger charge is -2.53. The Balaban J connectivity index is 2.24. The molecule has 0 aromatic carbocycles. The summed E-state index contributed by atoms with van der Waals surface area (Å²) in [4.78, 5) is 14.0. The highest BCUT2D eigenvalue weighted by Gasteiger charge is 2.51. The van der Waals surface area contributed by atoms with E-state index in [1.165, 1.54) is 0 Å². The van der Waals surface area contributed by atoms with Gasteiger partial charge in [-0.1, -0.05) is 69.2 Å². The quantitative estimate of drug-likeness (QED) is 0.295. The highest BCUT2D eigenvalue weighted by molar-refractivity contribution is 5.68. The lowest BCUT2D eigenvalue weighted by Crippen LogP contribution is -2.46. The molecule has 1 aliphatic carbocycles. The van der Waals surface area contributed by atoms with E-state index in [9.17, 15) is 5.26 Å². The Morgan fingerprint density at radius 2 is 1.62 bits per heavy atom. The van der Waals surface area contributed by atoms with Crippen LogP contribution in [0.15, 0.2) is 6.20 Å². The lowest BCUT2D eigenvalue weighted by molar-refractivity contribution is -0.309. The first-order valence-corrected chi connectivity index (χ1v) is 11.9. The minimum atomic E-state index is -0.610. The Bertz CT molecular complexity index is 967. The Kier molecular flexibility index (Phi) is 6.34. The van der Waals surface area contributed by atoms with Crippen LogP contribution in [0.25, 0.3) is 10.5 Å². The van der Waals surface area contributed by atoms with Crippen LogP contribution in [0.3, 0.4) is 0 Å². The van der Waals surface area contributed by atoms with E-state index >= 15 is 0 Å². The molecule has 0 amide bonds. The van der Waals surface area contributed by atoms with Crippen LogP contribution in [0.5, 0.6) is 0 Å². The number of hydrogen-bond acceptors (Lipinski definition) is 3. The van der Waals surface area contributed by atoms with Crippen molar-refractivity contribution in [2.75, 3.05) is 0 Å². The van der Waals surface area contributed by atoms with Crippen LogP contribution in [0.2, 0.25) is 0 Å². The van der Waals surface area contributed by atoms with E-state index in [2.05, 4.69) is 79.2 Å². The average Bonchev–Trinajstić information content (AvgIpc) is 3.19. The number of nitrogens with zero attached hydrogens (tertiary/aromatic N) is 3. The van der Waals surface area contributed by atoms with Crippen molar-refractivity contribution >= 4 is 11.3 Å². The van der Waals surface area contributed by atoms with Crippen molar-refractivity contribution in [1.82, 2.24) is 14.6 Å². The van der Waals surface area contributed by atoms with Crippen LogP contribution in [0.4, 0.5) is 5.69 Å². The molecule has 0 aliphatic heterocycles. The molecule has 0 saturated heterocycles. The van der Waals surface area contributed by atoms with Gasteiger partial charge in [-0.05, 0) is 47.3 Å². The number of aromatic nitrogens is 3. The number of nitrogens with one attached hydrogen (secondary N) is 1. The summed E-state index contributed by atoms with van der Waals surface area (Å²) in [6.45, 7) is 30.2. The molecule has 3 atom stereocenters. The zero-order valence-corrected chi connectivity index (χ0v) is 21.6. The largest absolute Gasteiger partial charge is 0.280 e. The fraction of sp³-hybridized carbons (Fsp3) is 0.769. The fourth-order valence-corrected chi connectivity index (χ4v) is 5.80. The lowest BCUT2D eigenvalue weighted by atomic mass is 9.53. The van der Waals surface area contributed by atoms with Crippen molar-refractivity contribution < 1.29 is 10.1 Å². The van der Waals surface area contributed by atoms with E-state index in [1.807, 2.05) is 4.52 Å². The zero-order valence-electron chi connectivity index (χ0n) is 21.6. The normalized spacial score (nSPS) is 26.3. The fourth-order valence-electron chi connectivity index (χ4n) is 5.80. The molecule has 178 valence electrons. The molecule has 2 N–H and O–H groups in total. The second-order valence-corrected chi connectivity index (χ2v) is 13.2. The standard InChI is InChI=1S/C26H42N4O2/c1-15-12-16(24(2,3)4)19(17(13-15)25(5,6)7)21(32-31)20-18(27-11)14-30-22(20)28-23(29-30)26(8,9)10/h14-17,19,21,31H,12-13H2,1-10H3,(H,28,29). The molecule has 2 aromatic rings. The summed E-state index contributed by atoms with van der Waals surface area (Å²) >= 11 is 0. The smallest absolute Gasteiger partial charge is 0.214 e. The van der Waals surface area contributed by atoms with Crippen LogP contribution in [-0.4, -0.2) is 19.9 Å². The number of aromatic amines is 1. The summed E-state index contributed by atoms with van der Waals surface area (Å²) in [7, 11) is 0. The van der Waals surface area contributed by atoms with Crippen LogP contribution in [0.1, 0.15) is 99.6 Å². The molecule has 32 heavy (non-hydrogen) atoms. The second-order valence-electron chi connectivity index (χ2n) is 13.2. The summed E-state index contributed by atoms with van der Waals surface area (Å²) < 4.78 is 1.82. The van der Waals surface area contributed by atoms with Crippen molar-refractivity contribution in [3.8, 4) is 0 Å². The molecular weight excluding hydrogens is 400 g/mol. The molecule has 0 radical (unpaired) electrons. The number of rotatable bonds is 3. The molecule has 1 saturated carbocycles. The van der Waals surface area contributed by atoms with Crippen LogP contribution in [0, 0.1) is 41.1 Å². The van der Waals surface area contributed by atoms with E-state index in [0.29, 0.717) is 34.7 Å². The molecule has 2 heterocycles. The van der Waals surface area contributed by atoms with E-state index in [0.717, 1.165) is 18.7 Å². The molecule has 1 fully saturated rings. The SMILES string of the molecule is [C-]#[N+]c1cn2[nH]c(C(C)(C)C)nc2c1C(OO)C1C(C(C)(C)C)CC(C)CC1C(C)(C)C. The predicted octanol–water partition coefficient (Wildman–Crippen LogP) is 7.41. The van der Waals surface area contributed by atoms with Crippen molar-refractivity contribution in [1.29, 1.82) is 0 Å². The van der Waals surface area contributed by atoms with Crippen LogP contribution in [-0.2, 0) is 10.3 Å². The number of fused-ring (bicyclic) bond motifs is 1. The van der Waals surface area contributed by atoms with Gasteiger partial charge in [0.1, 0.15) is 17.6 Å². The highest BCUT2D eigenvalue weighted by atomic mass is 17.1. The van der Waals surface area contributed by atoms with Gasteiger partial charge in [-0.2, -0.15) is 0 Å². The highest BCUT2D eigenvalue weighted by Crippen LogP contribution is 2.57. The molecule has 0 spiro atoms. The number of hydrogen-bond donors (Lipinski definition) is 2. The third kappa shape index (κ3) is 4.47. The minimum absolute atomic E-state index is 0.0406. The molecule has 6 nitrogen and oxygen atoms in total. The molecule has 0 bridgehead atoms. The maximum atomic E-state index is 10.4. The third-order valence-electron chi connectivity index (χ3n) is 7.49. The van der Waals surface area contributed by atoms with Crippen molar-refractivity contribution in [3.63, 3.8) is 0 Å². The van der Waals surface area contributed by atoms with Gasteiger partial charge >= 0.3 is 0 Å². The third-order valence-corrected chi connectivity index (χ3v) is 7.49. The van der Waals surface area contributed by atoms with Gasteiger partial charge in [0, 0.05) is 17.2 Å². The summed E-state index contributed by atoms with van der Waals surface area (Å²) in [5.74, 6) is 2.19. The van der Waals surface area contributed by atoms with Crippen LogP contribution < -0.4 is 0 Å².